The van der Waals surface area contributed by atoms with Crippen molar-refractivity contribution in [1.29, 1.82) is 0 Å². The molecule has 1 amide bonds. The van der Waals surface area contributed by atoms with Crippen molar-refractivity contribution in [3.63, 3.8) is 0 Å². The van der Waals surface area contributed by atoms with Crippen LogP contribution < -0.4 is 16.0 Å². The molecule has 0 bridgehead atoms. The van der Waals surface area contributed by atoms with Gasteiger partial charge in [0.1, 0.15) is 12.4 Å². The Hall–Kier alpha value is -3.54. The maximum absolute atomic E-state index is 15.4. The van der Waals surface area contributed by atoms with Gasteiger partial charge >= 0.3 is 6.01 Å². The van der Waals surface area contributed by atoms with Crippen LogP contribution in [0.5, 0.6) is 0 Å². The molecule has 43 heavy (non-hydrogen) atoms. The Kier molecular flexibility index (Phi) is 10.4. The lowest BCUT2D eigenvalue weighted by atomic mass is 9.99. The second kappa shape index (κ2) is 13.8. The molecule has 1 aliphatic rings. The SMILES string of the molecule is C#CCOCCOCCCC(C)(C)Nc1nc(-c2cc3c(cc2F)S(=O)(=O)C[C@H](N)C(=O)N3Cc2ccc(Cl)cc2)no1. The summed E-state index contributed by atoms with van der Waals surface area (Å²) in [6, 6.07) is 7.49. The van der Waals surface area contributed by atoms with E-state index in [4.69, 9.17) is 37.8 Å². The molecule has 0 saturated heterocycles. The molecular weight excluding hydrogens is 601 g/mol. The highest BCUT2D eigenvalue weighted by molar-refractivity contribution is 7.91. The number of rotatable bonds is 13. The Morgan fingerprint density at radius 2 is 1.95 bits per heavy atom. The fourth-order valence-electron chi connectivity index (χ4n) is 4.53. The van der Waals surface area contributed by atoms with Crippen molar-refractivity contribution in [3.05, 3.63) is 52.8 Å². The molecule has 1 atom stereocenters. The van der Waals surface area contributed by atoms with Gasteiger partial charge in [0.05, 0.1) is 47.7 Å². The lowest BCUT2D eigenvalue weighted by Gasteiger charge is -2.25. The molecule has 0 aliphatic carbocycles. The van der Waals surface area contributed by atoms with Gasteiger partial charge in [-0.3, -0.25) is 4.79 Å². The Labute approximate surface area is 254 Å². The van der Waals surface area contributed by atoms with Crippen molar-refractivity contribution in [1.82, 2.24) is 10.1 Å². The van der Waals surface area contributed by atoms with Crippen molar-refractivity contribution >= 4 is 39.0 Å². The van der Waals surface area contributed by atoms with Gasteiger partial charge in [0.25, 0.3) is 0 Å². The monoisotopic (exact) mass is 633 g/mol. The summed E-state index contributed by atoms with van der Waals surface area (Å²) < 4.78 is 57.7. The third-order valence-electron chi connectivity index (χ3n) is 6.67. The number of halogens is 2. The second-order valence-corrected chi connectivity index (χ2v) is 13.1. The Morgan fingerprint density at radius 3 is 2.67 bits per heavy atom. The number of nitrogens with two attached hydrogens (primary N) is 1. The van der Waals surface area contributed by atoms with Gasteiger partial charge in [0.2, 0.25) is 11.7 Å². The normalized spacial score (nSPS) is 16.4. The number of nitrogens with zero attached hydrogens (tertiary/aromatic N) is 3. The Morgan fingerprint density at radius 1 is 1.23 bits per heavy atom. The van der Waals surface area contributed by atoms with E-state index in [9.17, 15) is 13.2 Å². The minimum atomic E-state index is -4.10. The first-order valence-electron chi connectivity index (χ1n) is 13.5. The van der Waals surface area contributed by atoms with E-state index in [2.05, 4.69) is 21.4 Å². The highest BCUT2D eigenvalue weighted by atomic mass is 35.5. The van der Waals surface area contributed by atoms with Crippen LogP contribution in [0.3, 0.4) is 0 Å². The van der Waals surface area contributed by atoms with Crippen molar-refractivity contribution in [2.45, 2.75) is 49.7 Å². The van der Waals surface area contributed by atoms with Gasteiger partial charge in [0, 0.05) is 17.2 Å². The largest absolute Gasteiger partial charge is 0.379 e. The molecule has 1 aromatic heterocycles. The van der Waals surface area contributed by atoms with Gasteiger partial charge in [0.15, 0.2) is 9.84 Å². The fourth-order valence-corrected chi connectivity index (χ4v) is 6.22. The molecule has 1 aliphatic heterocycles. The number of benzene rings is 2. The average Bonchev–Trinajstić information content (AvgIpc) is 3.38. The number of terminal acetylenes is 1. The fraction of sp³-hybridized carbons (Fsp3) is 0.414. The van der Waals surface area contributed by atoms with E-state index in [1.54, 1.807) is 24.3 Å². The number of carbonyl (C=O) groups is 1. The molecule has 0 unspecified atom stereocenters. The zero-order chi connectivity index (χ0) is 31.2. The molecule has 0 radical (unpaired) electrons. The molecule has 3 N–H and O–H groups in total. The van der Waals surface area contributed by atoms with E-state index in [0.29, 0.717) is 36.8 Å². The molecule has 230 valence electrons. The standard InChI is InChI=1S/C29H33ClFN5O6S/c1-4-11-40-13-14-41-12-5-10-29(2,3)34-28-33-26(35-42-28)21-15-24-25(16-22(21)31)43(38,39)18-23(32)27(37)36(24)17-19-6-8-20(30)9-7-19/h1,6-9,15-16,23H,5,10-14,17-18,32H2,2-3H3,(H,33,34,35)/t23-/m0/s1. The summed E-state index contributed by atoms with van der Waals surface area (Å²) in [7, 11) is -4.10. The first-order valence-corrected chi connectivity index (χ1v) is 15.5. The van der Waals surface area contributed by atoms with Gasteiger partial charge in [-0.1, -0.05) is 34.8 Å². The van der Waals surface area contributed by atoms with Crippen molar-refractivity contribution in [2.75, 3.05) is 42.4 Å². The lowest BCUT2D eigenvalue weighted by Crippen LogP contribution is -2.45. The number of nitrogens with one attached hydrogen (secondary N) is 1. The highest BCUT2D eigenvalue weighted by Crippen LogP contribution is 2.37. The molecule has 4 rings (SSSR count). The van der Waals surface area contributed by atoms with Crippen LogP contribution in [-0.4, -0.2) is 68.2 Å². The number of hydrogen-bond acceptors (Lipinski definition) is 10. The zero-order valence-electron chi connectivity index (χ0n) is 23.8. The lowest BCUT2D eigenvalue weighted by molar-refractivity contribution is -0.119. The topological polar surface area (TPSA) is 150 Å². The second-order valence-electron chi connectivity index (χ2n) is 10.6. The molecular formula is C29H33ClFN5O6S. The summed E-state index contributed by atoms with van der Waals surface area (Å²) in [4.78, 5) is 18.4. The summed E-state index contributed by atoms with van der Waals surface area (Å²) in [6.45, 7) is 5.46. The molecule has 0 saturated carbocycles. The van der Waals surface area contributed by atoms with Gasteiger partial charge < -0.3 is 29.9 Å². The number of amides is 1. The molecule has 14 heteroatoms. The Balaban J connectivity index is 1.54. The molecule has 2 aromatic carbocycles. The van der Waals surface area contributed by atoms with Gasteiger partial charge in [-0.25, -0.2) is 12.8 Å². The van der Waals surface area contributed by atoms with E-state index in [1.165, 1.54) is 11.0 Å². The minimum Gasteiger partial charge on any atom is -0.379 e. The number of carbonyl (C=O) groups excluding carboxylic acids is 1. The van der Waals surface area contributed by atoms with E-state index in [1.807, 2.05) is 13.8 Å². The molecule has 11 nitrogen and oxygen atoms in total. The number of ether oxygens (including phenoxy) is 2. The quantitative estimate of drug-likeness (QED) is 0.210. The third kappa shape index (κ3) is 8.31. The van der Waals surface area contributed by atoms with Crippen LogP contribution in [0.1, 0.15) is 32.3 Å². The predicted molar refractivity (Wildman–Crippen MR) is 160 cm³/mol. The van der Waals surface area contributed by atoms with E-state index in [0.717, 1.165) is 12.5 Å². The minimum absolute atomic E-state index is 0.0216. The molecule has 2 heterocycles. The smallest absolute Gasteiger partial charge is 0.322 e. The zero-order valence-corrected chi connectivity index (χ0v) is 25.4. The molecule has 0 spiro atoms. The summed E-state index contributed by atoms with van der Waals surface area (Å²) in [5.41, 5.74) is 5.98. The predicted octanol–water partition coefficient (Wildman–Crippen LogP) is 3.81. The van der Waals surface area contributed by atoms with E-state index < -0.39 is 38.9 Å². The summed E-state index contributed by atoms with van der Waals surface area (Å²) in [5.74, 6) is 0.0745. The maximum Gasteiger partial charge on any atom is 0.322 e. The van der Waals surface area contributed by atoms with Crippen LogP contribution in [0, 0.1) is 18.2 Å². The number of anilines is 2. The van der Waals surface area contributed by atoms with Crippen LogP contribution in [0.15, 0.2) is 45.8 Å². The van der Waals surface area contributed by atoms with Crippen LogP contribution >= 0.6 is 11.6 Å². The van der Waals surface area contributed by atoms with Crippen molar-refractivity contribution < 1.29 is 31.6 Å². The van der Waals surface area contributed by atoms with Crippen LogP contribution in [0.25, 0.3) is 11.4 Å². The van der Waals surface area contributed by atoms with E-state index >= 15 is 4.39 Å². The average molecular weight is 634 g/mol. The number of aromatic nitrogens is 2. The van der Waals surface area contributed by atoms with Crippen LogP contribution in [0.2, 0.25) is 5.02 Å². The molecule has 3 aromatic rings. The van der Waals surface area contributed by atoms with Gasteiger partial charge in [-0.05, 0) is 56.5 Å². The first kappa shape index (κ1) is 32.4. The highest BCUT2D eigenvalue weighted by Gasteiger charge is 2.37. The number of sulfone groups is 1. The van der Waals surface area contributed by atoms with Crippen molar-refractivity contribution in [3.8, 4) is 23.7 Å². The van der Waals surface area contributed by atoms with E-state index in [-0.39, 0.29) is 41.1 Å². The number of hydrogen-bond donors (Lipinski definition) is 2. The number of fused-ring (bicyclic) bond motifs is 1. The van der Waals surface area contributed by atoms with Crippen LogP contribution in [-0.2, 0) is 30.7 Å². The molecule has 0 fully saturated rings. The third-order valence-corrected chi connectivity index (χ3v) is 8.72. The summed E-state index contributed by atoms with van der Waals surface area (Å²) >= 11 is 5.99. The van der Waals surface area contributed by atoms with Crippen LogP contribution in [0.4, 0.5) is 16.1 Å². The van der Waals surface area contributed by atoms with Crippen molar-refractivity contribution in [2.24, 2.45) is 5.73 Å². The maximum atomic E-state index is 15.4. The Bertz CT molecular complexity index is 1590. The summed E-state index contributed by atoms with van der Waals surface area (Å²) in [5, 5.41) is 7.54. The van der Waals surface area contributed by atoms with Gasteiger partial charge in [-0.15, -0.1) is 6.42 Å². The summed E-state index contributed by atoms with van der Waals surface area (Å²) in [6.07, 6.45) is 6.54. The first-order chi connectivity index (χ1) is 20.4. The van der Waals surface area contributed by atoms with Gasteiger partial charge in [-0.2, -0.15) is 4.98 Å².